The molecule has 18 heavy (non-hydrogen) atoms. The summed E-state index contributed by atoms with van der Waals surface area (Å²) in [6.07, 6.45) is 7.83. The van der Waals surface area contributed by atoms with E-state index in [0.717, 1.165) is 24.8 Å². The predicted octanol–water partition coefficient (Wildman–Crippen LogP) is 2.83. The number of nitrogens with one attached hydrogen (secondary N) is 1. The Morgan fingerprint density at radius 3 is 2.50 bits per heavy atom. The van der Waals surface area contributed by atoms with Gasteiger partial charge in [-0.25, -0.2) is 0 Å². The van der Waals surface area contributed by atoms with Crippen molar-refractivity contribution >= 4 is 0 Å². The summed E-state index contributed by atoms with van der Waals surface area (Å²) in [5.74, 6) is 3.43. The molecule has 0 amide bonds. The van der Waals surface area contributed by atoms with E-state index in [1.54, 1.807) is 0 Å². The molecule has 1 atom stereocenters. The van der Waals surface area contributed by atoms with E-state index in [-0.39, 0.29) is 0 Å². The molecule has 1 aromatic heterocycles. The molecule has 1 saturated heterocycles. The second-order valence-corrected chi connectivity index (χ2v) is 5.89. The standard InChI is InChI=1S/C14H23N3O/c1-10(12-8-15-9-12)14-16-13(17-18-14)11-6-4-2-3-5-7-11/h10-12,15H,2-9H2,1H3. The van der Waals surface area contributed by atoms with Gasteiger partial charge in [-0.15, -0.1) is 0 Å². The first-order valence-electron chi connectivity index (χ1n) is 7.39. The van der Waals surface area contributed by atoms with E-state index >= 15 is 0 Å². The van der Waals surface area contributed by atoms with Crippen LogP contribution in [-0.4, -0.2) is 23.2 Å². The highest BCUT2D eigenvalue weighted by molar-refractivity contribution is 5.02. The summed E-state index contributed by atoms with van der Waals surface area (Å²) < 4.78 is 5.49. The zero-order valence-electron chi connectivity index (χ0n) is 11.2. The second-order valence-electron chi connectivity index (χ2n) is 5.89. The number of rotatable bonds is 3. The summed E-state index contributed by atoms with van der Waals surface area (Å²) in [5, 5.41) is 7.54. The fourth-order valence-electron chi connectivity index (χ4n) is 3.00. The Morgan fingerprint density at radius 1 is 1.17 bits per heavy atom. The van der Waals surface area contributed by atoms with Crippen LogP contribution >= 0.6 is 0 Å². The van der Waals surface area contributed by atoms with Crippen molar-refractivity contribution in [3.05, 3.63) is 11.7 Å². The molecular weight excluding hydrogens is 226 g/mol. The maximum absolute atomic E-state index is 5.49. The maximum Gasteiger partial charge on any atom is 0.229 e. The van der Waals surface area contributed by atoms with Gasteiger partial charge in [-0.1, -0.05) is 37.8 Å². The molecular formula is C14H23N3O. The average Bonchev–Trinajstić information content (AvgIpc) is 2.63. The molecule has 2 heterocycles. The third-order valence-corrected chi connectivity index (χ3v) is 4.59. The molecule has 0 aromatic carbocycles. The van der Waals surface area contributed by atoms with Crippen molar-refractivity contribution in [2.24, 2.45) is 5.92 Å². The molecule has 1 aliphatic heterocycles. The molecule has 2 aliphatic rings. The molecule has 4 heteroatoms. The van der Waals surface area contributed by atoms with Crippen molar-refractivity contribution in [3.63, 3.8) is 0 Å². The van der Waals surface area contributed by atoms with Gasteiger partial charge in [0.1, 0.15) is 0 Å². The molecule has 1 N–H and O–H groups in total. The van der Waals surface area contributed by atoms with Crippen LogP contribution in [0.15, 0.2) is 4.52 Å². The smallest absolute Gasteiger partial charge is 0.229 e. The van der Waals surface area contributed by atoms with Crippen molar-refractivity contribution in [3.8, 4) is 0 Å². The first kappa shape index (κ1) is 12.2. The lowest BCUT2D eigenvalue weighted by molar-refractivity contribution is 0.252. The number of hydrogen-bond donors (Lipinski definition) is 1. The molecule has 0 spiro atoms. The molecule has 4 nitrogen and oxygen atoms in total. The van der Waals surface area contributed by atoms with Crippen LogP contribution < -0.4 is 5.32 Å². The van der Waals surface area contributed by atoms with Gasteiger partial charge in [0.05, 0.1) is 0 Å². The Bertz CT molecular complexity index is 378. The zero-order valence-corrected chi connectivity index (χ0v) is 11.2. The van der Waals surface area contributed by atoms with Gasteiger partial charge in [-0.05, 0) is 31.8 Å². The zero-order chi connectivity index (χ0) is 12.4. The van der Waals surface area contributed by atoms with Gasteiger partial charge in [0.25, 0.3) is 0 Å². The van der Waals surface area contributed by atoms with Crippen molar-refractivity contribution < 1.29 is 4.52 Å². The quantitative estimate of drug-likeness (QED) is 0.837. The molecule has 1 aromatic rings. The minimum atomic E-state index is 0.401. The van der Waals surface area contributed by atoms with Gasteiger partial charge < -0.3 is 9.84 Å². The van der Waals surface area contributed by atoms with Crippen LogP contribution in [0.25, 0.3) is 0 Å². The normalized spacial score (nSPS) is 24.5. The summed E-state index contributed by atoms with van der Waals surface area (Å²) in [6, 6.07) is 0. The van der Waals surface area contributed by atoms with Crippen LogP contribution in [0.2, 0.25) is 0 Å². The van der Waals surface area contributed by atoms with Crippen LogP contribution in [0.4, 0.5) is 0 Å². The fraction of sp³-hybridized carbons (Fsp3) is 0.857. The third-order valence-electron chi connectivity index (χ3n) is 4.59. The fourth-order valence-corrected chi connectivity index (χ4v) is 3.00. The van der Waals surface area contributed by atoms with Crippen molar-refractivity contribution in [1.82, 2.24) is 15.5 Å². The van der Waals surface area contributed by atoms with Crippen LogP contribution in [0.3, 0.4) is 0 Å². The first-order valence-corrected chi connectivity index (χ1v) is 7.39. The monoisotopic (exact) mass is 249 g/mol. The molecule has 1 unspecified atom stereocenters. The number of hydrogen-bond acceptors (Lipinski definition) is 4. The van der Waals surface area contributed by atoms with Gasteiger partial charge in [0, 0.05) is 11.8 Å². The lowest BCUT2D eigenvalue weighted by Gasteiger charge is -2.30. The van der Waals surface area contributed by atoms with E-state index in [9.17, 15) is 0 Å². The van der Waals surface area contributed by atoms with Crippen LogP contribution in [-0.2, 0) is 0 Å². The molecule has 3 rings (SSSR count). The first-order chi connectivity index (χ1) is 8.84. The molecule has 0 radical (unpaired) electrons. The largest absolute Gasteiger partial charge is 0.339 e. The van der Waals surface area contributed by atoms with Gasteiger partial charge in [-0.3, -0.25) is 0 Å². The minimum absolute atomic E-state index is 0.401. The lowest BCUT2D eigenvalue weighted by atomic mass is 9.89. The van der Waals surface area contributed by atoms with Crippen molar-refractivity contribution in [1.29, 1.82) is 0 Å². The van der Waals surface area contributed by atoms with E-state index in [2.05, 4.69) is 22.4 Å². The third kappa shape index (κ3) is 2.44. The van der Waals surface area contributed by atoms with Crippen molar-refractivity contribution in [2.75, 3.05) is 13.1 Å². The Morgan fingerprint density at radius 2 is 1.89 bits per heavy atom. The van der Waals surface area contributed by atoms with E-state index in [4.69, 9.17) is 4.52 Å². The minimum Gasteiger partial charge on any atom is -0.339 e. The highest BCUT2D eigenvalue weighted by Crippen LogP contribution is 2.32. The van der Waals surface area contributed by atoms with Gasteiger partial charge in [0.15, 0.2) is 5.82 Å². The number of aromatic nitrogens is 2. The molecule has 0 bridgehead atoms. The SMILES string of the molecule is CC(c1nc(C2CCCCCC2)no1)C1CNC1. The van der Waals surface area contributed by atoms with Crippen LogP contribution in [0, 0.1) is 5.92 Å². The Balaban J connectivity index is 1.67. The van der Waals surface area contributed by atoms with Gasteiger partial charge in [-0.2, -0.15) is 4.98 Å². The van der Waals surface area contributed by atoms with Crippen LogP contribution in [0.5, 0.6) is 0 Å². The highest BCUT2D eigenvalue weighted by atomic mass is 16.5. The summed E-state index contributed by atoms with van der Waals surface area (Å²) >= 11 is 0. The molecule has 1 saturated carbocycles. The van der Waals surface area contributed by atoms with Gasteiger partial charge >= 0.3 is 0 Å². The lowest BCUT2D eigenvalue weighted by Crippen LogP contribution is -2.44. The molecule has 1 aliphatic carbocycles. The summed E-state index contributed by atoms with van der Waals surface area (Å²) in [6.45, 7) is 4.38. The van der Waals surface area contributed by atoms with Gasteiger partial charge in [0.2, 0.25) is 5.89 Å². The maximum atomic E-state index is 5.49. The highest BCUT2D eigenvalue weighted by Gasteiger charge is 2.29. The van der Waals surface area contributed by atoms with E-state index in [0.29, 0.717) is 17.8 Å². The van der Waals surface area contributed by atoms with E-state index < -0.39 is 0 Å². The second kappa shape index (κ2) is 5.39. The summed E-state index contributed by atoms with van der Waals surface area (Å²) in [7, 11) is 0. The van der Waals surface area contributed by atoms with E-state index in [1.165, 1.54) is 38.5 Å². The van der Waals surface area contributed by atoms with Crippen molar-refractivity contribution in [2.45, 2.75) is 57.3 Å². The summed E-state index contributed by atoms with van der Waals surface area (Å²) in [5.41, 5.74) is 0. The molecule has 100 valence electrons. The number of nitrogens with zero attached hydrogens (tertiary/aromatic N) is 2. The average molecular weight is 249 g/mol. The Hall–Kier alpha value is -0.900. The van der Waals surface area contributed by atoms with E-state index in [1.807, 2.05) is 0 Å². The Labute approximate surface area is 109 Å². The predicted molar refractivity (Wildman–Crippen MR) is 69.5 cm³/mol. The summed E-state index contributed by atoms with van der Waals surface area (Å²) in [4.78, 5) is 4.67. The molecule has 2 fully saturated rings. The topological polar surface area (TPSA) is 51.0 Å². The Kier molecular flexibility index (Phi) is 3.64. The van der Waals surface area contributed by atoms with Crippen LogP contribution in [0.1, 0.15) is 69.0 Å².